The number of carbonyl (C=O) groups is 2. The summed E-state index contributed by atoms with van der Waals surface area (Å²) in [7, 11) is 0. The molecule has 4 aliphatic rings. The second-order valence-corrected chi connectivity index (χ2v) is 10.3. The number of nitrogens with zero attached hydrogens (tertiary/aromatic N) is 3. The quantitative estimate of drug-likeness (QED) is 0.792. The van der Waals surface area contributed by atoms with Crippen molar-refractivity contribution < 1.29 is 9.59 Å². The lowest BCUT2D eigenvalue weighted by atomic mass is 9.45. The molecule has 2 amide bonds. The predicted molar refractivity (Wildman–Crippen MR) is 119 cm³/mol. The summed E-state index contributed by atoms with van der Waals surface area (Å²) >= 11 is 0. The first-order chi connectivity index (χ1) is 14.8. The van der Waals surface area contributed by atoms with Crippen LogP contribution in [0, 0.1) is 23.2 Å². The van der Waals surface area contributed by atoms with Crippen LogP contribution in [0.5, 0.6) is 0 Å². The maximum Gasteiger partial charge on any atom is 0.274 e. The van der Waals surface area contributed by atoms with Gasteiger partial charge in [0.25, 0.3) is 11.8 Å². The van der Waals surface area contributed by atoms with Crippen LogP contribution in [-0.4, -0.2) is 58.3 Å². The Kier molecular flexibility index (Phi) is 5.04. The number of hydrogen-bond acceptors (Lipinski definition) is 4. The summed E-state index contributed by atoms with van der Waals surface area (Å²) in [6, 6.07) is 5.74. The van der Waals surface area contributed by atoms with E-state index < -0.39 is 0 Å². The van der Waals surface area contributed by atoms with Crippen LogP contribution in [-0.2, 0) is 0 Å². The zero-order chi connectivity index (χ0) is 21.8. The fraction of sp³-hybridized carbons (Fsp3) is 0.625. The van der Waals surface area contributed by atoms with Crippen LogP contribution in [0.3, 0.4) is 0 Å². The zero-order valence-corrected chi connectivity index (χ0v) is 18.7. The predicted octanol–water partition coefficient (Wildman–Crippen LogP) is 2.57. The monoisotopic (exact) mass is 423 g/mol. The summed E-state index contributed by atoms with van der Waals surface area (Å²) in [6.45, 7) is 9.67. The first-order valence-corrected chi connectivity index (χ1v) is 11.6. The van der Waals surface area contributed by atoms with Crippen LogP contribution < -0.4 is 10.6 Å². The van der Waals surface area contributed by atoms with E-state index in [9.17, 15) is 9.59 Å². The highest BCUT2D eigenvalue weighted by molar-refractivity contribution is 5.95. The van der Waals surface area contributed by atoms with Crippen LogP contribution >= 0.6 is 0 Å². The molecular formula is C24H33N5O2. The Bertz CT molecular complexity index is 1010. The maximum atomic E-state index is 13.0. The molecule has 0 unspecified atom stereocenters. The highest BCUT2D eigenvalue weighted by atomic mass is 16.2. The Morgan fingerprint density at radius 3 is 2.87 bits per heavy atom. The van der Waals surface area contributed by atoms with Gasteiger partial charge in [0.1, 0.15) is 17.0 Å². The van der Waals surface area contributed by atoms with E-state index in [1.54, 1.807) is 16.7 Å². The van der Waals surface area contributed by atoms with Crippen molar-refractivity contribution >= 4 is 17.5 Å². The Morgan fingerprint density at radius 1 is 1.29 bits per heavy atom. The van der Waals surface area contributed by atoms with Crippen molar-refractivity contribution in [3.05, 3.63) is 35.8 Å². The first kappa shape index (κ1) is 20.5. The molecule has 4 fully saturated rings. The highest BCUT2D eigenvalue weighted by Crippen LogP contribution is 2.61. The molecule has 3 saturated carbocycles. The molecule has 31 heavy (non-hydrogen) atoms. The molecule has 2 N–H and O–H groups in total. The smallest absolute Gasteiger partial charge is 0.274 e. The molecule has 166 valence electrons. The lowest BCUT2D eigenvalue weighted by Gasteiger charge is -2.60. The van der Waals surface area contributed by atoms with Gasteiger partial charge >= 0.3 is 0 Å². The van der Waals surface area contributed by atoms with Gasteiger partial charge in [-0.3, -0.25) is 14.0 Å². The molecule has 7 nitrogen and oxygen atoms in total. The van der Waals surface area contributed by atoms with Gasteiger partial charge in [-0.15, -0.1) is 0 Å². The third-order valence-corrected chi connectivity index (χ3v) is 8.13. The molecule has 3 aliphatic carbocycles. The van der Waals surface area contributed by atoms with Crippen LogP contribution in [0.2, 0.25) is 0 Å². The molecule has 4 atom stereocenters. The van der Waals surface area contributed by atoms with E-state index in [-0.39, 0.29) is 17.9 Å². The Balaban J connectivity index is 1.30. The van der Waals surface area contributed by atoms with Crippen molar-refractivity contribution in [3.8, 4) is 0 Å². The van der Waals surface area contributed by atoms with E-state index in [1.807, 2.05) is 17.0 Å². The molecule has 1 saturated heterocycles. The number of piperazine rings is 1. The normalized spacial score (nSPS) is 29.5. The molecule has 2 aromatic rings. The van der Waals surface area contributed by atoms with Crippen molar-refractivity contribution in [1.82, 2.24) is 24.9 Å². The minimum absolute atomic E-state index is 0.0765. The largest absolute Gasteiger partial charge is 0.350 e. The number of amides is 2. The number of carbonyl (C=O) groups excluding carboxylic acids is 2. The number of rotatable bonds is 4. The van der Waals surface area contributed by atoms with Crippen LogP contribution in [0.15, 0.2) is 24.4 Å². The zero-order valence-electron chi connectivity index (χ0n) is 18.7. The summed E-state index contributed by atoms with van der Waals surface area (Å²) < 4.78 is 1.75. The summed E-state index contributed by atoms with van der Waals surface area (Å²) in [5.74, 6) is 1.95. The summed E-state index contributed by atoms with van der Waals surface area (Å²) in [6.07, 6.45) is 5.49. The van der Waals surface area contributed by atoms with E-state index in [4.69, 9.17) is 0 Å². The van der Waals surface area contributed by atoms with Crippen LogP contribution in [0.1, 0.15) is 61.0 Å². The molecule has 7 heteroatoms. The van der Waals surface area contributed by atoms with Gasteiger partial charge in [-0.25, -0.2) is 4.98 Å². The Labute approximate surface area is 183 Å². The molecular weight excluding hydrogens is 390 g/mol. The second-order valence-electron chi connectivity index (χ2n) is 10.3. The number of fused-ring (bicyclic) bond motifs is 3. The van der Waals surface area contributed by atoms with Crippen molar-refractivity contribution in [2.45, 2.75) is 46.1 Å². The van der Waals surface area contributed by atoms with E-state index in [0.29, 0.717) is 47.4 Å². The number of imidazole rings is 1. The van der Waals surface area contributed by atoms with E-state index in [2.05, 4.69) is 36.4 Å². The van der Waals surface area contributed by atoms with E-state index >= 15 is 0 Å². The van der Waals surface area contributed by atoms with Gasteiger partial charge in [0.15, 0.2) is 0 Å². The van der Waals surface area contributed by atoms with Gasteiger partial charge in [0, 0.05) is 38.4 Å². The molecule has 0 spiro atoms. The number of aromatic nitrogens is 2. The Morgan fingerprint density at radius 2 is 2.13 bits per heavy atom. The van der Waals surface area contributed by atoms with Crippen LogP contribution in [0.25, 0.3) is 5.65 Å². The topological polar surface area (TPSA) is 78.7 Å². The number of hydrogen-bond donors (Lipinski definition) is 2. The van der Waals surface area contributed by atoms with Gasteiger partial charge in [0.2, 0.25) is 0 Å². The Hall–Kier alpha value is -2.41. The lowest BCUT2D eigenvalue weighted by molar-refractivity contribution is -0.103. The summed E-state index contributed by atoms with van der Waals surface area (Å²) in [5, 5.41) is 6.52. The fourth-order valence-electron chi connectivity index (χ4n) is 6.10. The third kappa shape index (κ3) is 3.53. The van der Waals surface area contributed by atoms with E-state index in [1.165, 1.54) is 19.3 Å². The molecule has 3 heterocycles. The first-order valence-electron chi connectivity index (χ1n) is 11.6. The molecule has 0 radical (unpaired) electrons. The van der Waals surface area contributed by atoms with Crippen molar-refractivity contribution in [1.29, 1.82) is 0 Å². The van der Waals surface area contributed by atoms with Gasteiger partial charge in [-0.05, 0) is 61.5 Å². The number of nitrogens with one attached hydrogen (secondary N) is 2. The van der Waals surface area contributed by atoms with Crippen molar-refractivity contribution in [2.24, 2.45) is 23.2 Å². The highest BCUT2D eigenvalue weighted by Gasteiger charge is 2.53. The van der Waals surface area contributed by atoms with Gasteiger partial charge in [0.05, 0.1) is 0 Å². The molecule has 2 bridgehead atoms. The average Bonchev–Trinajstić information content (AvgIpc) is 3.21. The molecule has 6 rings (SSSR count). The third-order valence-electron chi connectivity index (χ3n) is 8.13. The minimum Gasteiger partial charge on any atom is -0.350 e. The fourth-order valence-corrected chi connectivity index (χ4v) is 6.10. The van der Waals surface area contributed by atoms with Gasteiger partial charge < -0.3 is 15.5 Å². The standard InChI is InChI=1S/C24H33N5O2/c1-15-13-28(10-9-25-15)23(31)19-14-29-20(5-4-6-21(29)27-19)22(30)26-12-16-7-8-17-11-18(16)24(17,2)3/h4-6,14-18,25H,7-13H2,1-3H3,(H,26,30)/t15-,16-,17-,18-/m0/s1. The molecule has 1 aliphatic heterocycles. The van der Waals surface area contributed by atoms with Gasteiger partial charge in [-0.1, -0.05) is 19.9 Å². The minimum atomic E-state index is -0.1000. The maximum absolute atomic E-state index is 13.0. The summed E-state index contributed by atoms with van der Waals surface area (Å²) in [4.78, 5) is 32.3. The van der Waals surface area contributed by atoms with Crippen molar-refractivity contribution in [2.75, 3.05) is 26.2 Å². The van der Waals surface area contributed by atoms with Gasteiger partial charge in [-0.2, -0.15) is 0 Å². The molecule has 2 aromatic heterocycles. The van der Waals surface area contributed by atoms with Crippen LogP contribution in [0.4, 0.5) is 0 Å². The SMILES string of the molecule is C[C@H]1CN(C(=O)c2cn3c(C(=O)NC[C@@H]4CC[C@H]5C[C@@H]4C5(C)C)cccc3n2)CCN1. The van der Waals surface area contributed by atoms with Crippen molar-refractivity contribution in [3.63, 3.8) is 0 Å². The number of pyridine rings is 1. The lowest BCUT2D eigenvalue weighted by Crippen LogP contribution is -2.54. The molecule has 0 aromatic carbocycles. The summed E-state index contributed by atoms with van der Waals surface area (Å²) in [5.41, 5.74) is 1.96. The van der Waals surface area contributed by atoms with E-state index in [0.717, 1.165) is 19.0 Å². The second kappa shape index (κ2) is 7.62. The average molecular weight is 424 g/mol.